The molecule has 0 spiro atoms. The molecule has 0 radical (unpaired) electrons. The number of nitrogens with zero attached hydrogens (tertiary/aromatic N) is 4. The summed E-state index contributed by atoms with van der Waals surface area (Å²) in [5, 5.41) is 14.0. The first-order valence-corrected chi connectivity index (χ1v) is 9.51. The van der Waals surface area contributed by atoms with Gasteiger partial charge in [0.05, 0.1) is 24.0 Å². The van der Waals surface area contributed by atoms with Crippen LogP contribution in [0.1, 0.15) is 18.6 Å². The van der Waals surface area contributed by atoms with Crippen LogP contribution in [0.15, 0.2) is 53.2 Å². The topological polar surface area (TPSA) is 141 Å². The van der Waals surface area contributed by atoms with E-state index in [1.165, 1.54) is 19.4 Å². The first-order valence-electron chi connectivity index (χ1n) is 9.51. The summed E-state index contributed by atoms with van der Waals surface area (Å²) in [6.07, 6.45) is 4.61. The lowest BCUT2D eigenvalue weighted by Gasteiger charge is -2.20. The number of nitrogens with one attached hydrogen (secondary N) is 4. The molecule has 0 saturated carbocycles. The molecule has 0 saturated heterocycles. The number of H-pyrrole nitrogens is 1. The van der Waals surface area contributed by atoms with Gasteiger partial charge in [0.2, 0.25) is 0 Å². The molecule has 1 aliphatic rings. The number of carbonyl (C=O) groups excluding carboxylic acids is 1. The van der Waals surface area contributed by atoms with E-state index in [0.717, 1.165) is 0 Å². The number of fused-ring (bicyclic) bond motifs is 1. The maximum atomic E-state index is 14.5. The number of amides is 1. The fraction of sp³-hybridized carbons (Fsp3) is 0.143. The number of benzene rings is 1. The summed E-state index contributed by atoms with van der Waals surface area (Å²) in [4.78, 5) is 33.0. The molecular weight excluding hydrogens is 415 g/mol. The number of methoxy groups -OCH3 is 1. The molecule has 0 atom stereocenters. The summed E-state index contributed by atoms with van der Waals surface area (Å²) in [5.41, 5.74) is 0.987. The van der Waals surface area contributed by atoms with Crippen molar-refractivity contribution in [3.05, 3.63) is 65.7 Å². The standard InChI is InChI=1S/C21H19FN8O2/c1-10(19-25-5-4-6-26-19)27-18-15(21(31)29-14(9-24-2)16(18)23)20-28-13-8-11(32-3)7-12(22)17(13)30-20/h4-9,23-24H,1-3H3,(H,28,30)(H,29,31)/b14-9+,23-16?,27-10-. The van der Waals surface area contributed by atoms with Crippen LogP contribution < -0.4 is 15.4 Å². The van der Waals surface area contributed by atoms with Crippen LogP contribution in [-0.2, 0) is 4.79 Å². The minimum absolute atomic E-state index is 0.00639. The van der Waals surface area contributed by atoms with Gasteiger partial charge >= 0.3 is 0 Å². The number of carbonyl (C=O) groups is 1. The molecule has 162 valence electrons. The van der Waals surface area contributed by atoms with Crippen LogP contribution in [0.4, 0.5) is 4.39 Å². The van der Waals surface area contributed by atoms with E-state index in [1.54, 1.807) is 38.5 Å². The lowest BCUT2D eigenvalue weighted by atomic mass is 10.0. The molecule has 3 heterocycles. The monoisotopic (exact) mass is 434 g/mol. The van der Waals surface area contributed by atoms with Crippen LogP contribution >= 0.6 is 0 Å². The summed E-state index contributed by atoms with van der Waals surface area (Å²) in [6.45, 7) is 1.67. The Hall–Kier alpha value is -4.41. The van der Waals surface area contributed by atoms with Gasteiger partial charge in [-0.2, -0.15) is 0 Å². The summed E-state index contributed by atoms with van der Waals surface area (Å²) < 4.78 is 19.6. The molecule has 10 nitrogen and oxygen atoms in total. The van der Waals surface area contributed by atoms with Crippen LogP contribution in [0.2, 0.25) is 0 Å². The Morgan fingerprint density at radius 3 is 2.75 bits per heavy atom. The molecule has 3 aromatic rings. The zero-order valence-electron chi connectivity index (χ0n) is 17.4. The maximum Gasteiger partial charge on any atom is 0.261 e. The van der Waals surface area contributed by atoms with Gasteiger partial charge in [-0.25, -0.2) is 24.3 Å². The number of aromatic amines is 1. The van der Waals surface area contributed by atoms with E-state index in [-0.39, 0.29) is 34.0 Å². The van der Waals surface area contributed by atoms with E-state index in [1.807, 2.05) is 0 Å². The Balaban J connectivity index is 1.95. The molecular formula is C21H19FN8O2. The third kappa shape index (κ3) is 3.71. The number of imidazole rings is 1. The molecule has 32 heavy (non-hydrogen) atoms. The van der Waals surface area contributed by atoms with Gasteiger partial charge in [0, 0.05) is 37.8 Å². The van der Waals surface area contributed by atoms with Crippen molar-refractivity contribution in [2.45, 2.75) is 6.92 Å². The molecule has 0 unspecified atom stereocenters. The molecule has 0 aliphatic carbocycles. The summed E-state index contributed by atoms with van der Waals surface area (Å²) in [7, 11) is 3.07. The Morgan fingerprint density at radius 1 is 1.31 bits per heavy atom. The fourth-order valence-corrected chi connectivity index (χ4v) is 3.18. The molecule has 4 N–H and O–H groups in total. The van der Waals surface area contributed by atoms with Gasteiger partial charge < -0.3 is 20.4 Å². The highest BCUT2D eigenvalue weighted by molar-refractivity contribution is 6.34. The first-order chi connectivity index (χ1) is 15.4. The van der Waals surface area contributed by atoms with Crippen LogP contribution in [-0.4, -0.2) is 51.4 Å². The van der Waals surface area contributed by atoms with E-state index in [9.17, 15) is 9.18 Å². The molecule has 1 amide bonds. The molecule has 2 aromatic heterocycles. The molecule has 1 aromatic carbocycles. The second-order valence-corrected chi connectivity index (χ2v) is 6.76. The van der Waals surface area contributed by atoms with Crippen LogP contribution in [0.5, 0.6) is 5.75 Å². The van der Waals surface area contributed by atoms with Crippen molar-refractivity contribution in [1.29, 1.82) is 5.41 Å². The third-order valence-corrected chi connectivity index (χ3v) is 4.66. The number of aromatic nitrogens is 4. The number of hydrogen-bond acceptors (Lipinski definition) is 8. The first kappa shape index (κ1) is 20.8. The second-order valence-electron chi connectivity index (χ2n) is 6.76. The van der Waals surface area contributed by atoms with E-state index >= 15 is 0 Å². The predicted octanol–water partition coefficient (Wildman–Crippen LogP) is 1.93. The van der Waals surface area contributed by atoms with Gasteiger partial charge in [-0.05, 0) is 13.0 Å². The quantitative estimate of drug-likeness (QED) is 0.452. The van der Waals surface area contributed by atoms with Crippen molar-refractivity contribution >= 4 is 33.9 Å². The van der Waals surface area contributed by atoms with Crippen LogP contribution in [0.25, 0.3) is 16.6 Å². The highest BCUT2D eigenvalue weighted by Crippen LogP contribution is 2.29. The normalized spacial score (nSPS) is 16.0. The lowest BCUT2D eigenvalue weighted by Crippen LogP contribution is -2.36. The summed E-state index contributed by atoms with van der Waals surface area (Å²) in [6, 6.07) is 4.44. The maximum absolute atomic E-state index is 14.5. The third-order valence-electron chi connectivity index (χ3n) is 4.66. The molecule has 1 aliphatic heterocycles. The average molecular weight is 434 g/mol. The number of halogens is 1. The molecule has 4 rings (SSSR count). The predicted molar refractivity (Wildman–Crippen MR) is 117 cm³/mol. The fourth-order valence-electron chi connectivity index (χ4n) is 3.18. The average Bonchev–Trinajstić information content (AvgIpc) is 3.21. The van der Waals surface area contributed by atoms with Crippen molar-refractivity contribution < 1.29 is 13.9 Å². The highest BCUT2D eigenvalue weighted by atomic mass is 19.1. The van der Waals surface area contributed by atoms with Crippen LogP contribution in [0, 0.1) is 11.2 Å². The minimum Gasteiger partial charge on any atom is -0.497 e. The second kappa shape index (κ2) is 8.38. The zero-order valence-corrected chi connectivity index (χ0v) is 17.4. The molecule has 11 heteroatoms. The van der Waals surface area contributed by atoms with Gasteiger partial charge in [-0.15, -0.1) is 0 Å². The van der Waals surface area contributed by atoms with E-state index in [4.69, 9.17) is 10.1 Å². The highest BCUT2D eigenvalue weighted by Gasteiger charge is 2.31. The zero-order chi connectivity index (χ0) is 22.8. The number of aliphatic imine (C=N–C) groups is 1. The van der Waals surface area contributed by atoms with Crippen molar-refractivity contribution in [3.8, 4) is 5.75 Å². The largest absolute Gasteiger partial charge is 0.497 e. The van der Waals surface area contributed by atoms with Gasteiger partial charge in [-0.3, -0.25) is 10.2 Å². The van der Waals surface area contributed by atoms with Crippen LogP contribution in [0.3, 0.4) is 0 Å². The lowest BCUT2D eigenvalue weighted by molar-refractivity contribution is -0.115. The van der Waals surface area contributed by atoms with E-state index in [2.05, 4.69) is 35.6 Å². The van der Waals surface area contributed by atoms with E-state index in [0.29, 0.717) is 22.8 Å². The van der Waals surface area contributed by atoms with Gasteiger partial charge in [-0.1, -0.05) is 0 Å². The molecule has 0 bridgehead atoms. The molecule has 0 fully saturated rings. The Labute approximate surface area is 181 Å². The summed E-state index contributed by atoms with van der Waals surface area (Å²) >= 11 is 0. The van der Waals surface area contributed by atoms with Gasteiger partial charge in [0.25, 0.3) is 5.91 Å². The Bertz CT molecular complexity index is 1320. The van der Waals surface area contributed by atoms with Crippen molar-refractivity contribution in [3.63, 3.8) is 0 Å². The number of hydrogen-bond donors (Lipinski definition) is 4. The minimum atomic E-state index is -0.608. The SMILES string of the molecule is CN/C=C1/NC(=O)C(c2nc3c(F)cc(OC)cc3[nH]2)=C(/N=C(/C)c2ncccn2)C1=N. The van der Waals surface area contributed by atoms with Crippen molar-refractivity contribution in [2.75, 3.05) is 14.2 Å². The van der Waals surface area contributed by atoms with Gasteiger partial charge in [0.1, 0.15) is 34.1 Å². The van der Waals surface area contributed by atoms with Crippen molar-refractivity contribution in [1.82, 2.24) is 30.6 Å². The Kier molecular flexibility index (Phi) is 5.46. The number of rotatable bonds is 5. The van der Waals surface area contributed by atoms with Gasteiger partial charge in [0.15, 0.2) is 11.6 Å². The summed E-state index contributed by atoms with van der Waals surface area (Å²) in [5.74, 6) is -0.441. The van der Waals surface area contributed by atoms with E-state index < -0.39 is 11.7 Å². The Morgan fingerprint density at radius 2 is 2.06 bits per heavy atom. The number of ether oxygens (including phenoxy) is 1. The van der Waals surface area contributed by atoms with Crippen molar-refractivity contribution in [2.24, 2.45) is 4.99 Å². The smallest absolute Gasteiger partial charge is 0.261 e.